The van der Waals surface area contributed by atoms with Gasteiger partial charge in [-0.1, -0.05) is 0 Å². The SMILES string of the molecule is O=C(c1cnc(Br)cn1)C1CC1. The standard InChI is InChI=1S/C8H7BrN2O/c9-7-4-10-6(3-11-7)8(12)5-1-2-5/h3-5H,1-2H2. The molecule has 1 heterocycles. The molecular weight excluding hydrogens is 220 g/mol. The van der Waals surface area contributed by atoms with Crippen LogP contribution in [-0.2, 0) is 0 Å². The quantitative estimate of drug-likeness (QED) is 0.724. The van der Waals surface area contributed by atoms with Gasteiger partial charge in [-0.3, -0.25) is 4.79 Å². The Labute approximate surface area is 78.4 Å². The summed E-state index contributed by atoms with van der Waals surface area (Å²) in [4.78, 5) is 19.3. The molecule has 3 nitrogen and oxygen atoms in total. The zero-order valence-corrected chi connectivity index (χ0v) is 7.91. The molecule has 4 heteroatoms. The summed E-state index contributed by atoms with van der Waals surface area (Å²) in [5.41, 5.74) is 0.487. The number of halogens is 1. The minimum Gasteiger partial charge on any atom is -0.292 e. The van der Waals surface area contributed by atoms with Gasteiger partial charge in [0.05, 0.1) is 12.4 Å². The molecule has 1 aromatic heterocycles. The third kappa shape index (κ3) is 1.53. The van der Waals surface area contributed by atoms with E-state index >= 15 is 0 Å². The van der Waals surface area contributed by atoms with Crippen molar-refractivity contribution >= 4 is 21.7 Å². The fourth-order valence-corrected chi connectivity index (χ4v) is 1.20. The Morgan fingerprint density at radius 2 is 2.17 bits per heavy atom. The van der Waals surface area contributed by atoms with E-state index in [0.29, 0.717) is 10.3 Å². The number of hydrogen-bond acceptors (Lipinski definition) is 3. The van der Waals surface area contributed by atoms with Crippen LogP contribution in [0.2, 0.25) is 0 Å². The first-order chi connectivity index (χ1) is 5.77. The topological polar surface area (TPSA) is 42.9 Å². The predicted octanol–water partition coefficient (Wildman–Crippen LogP) is 1.83. The van der Waals surface area contributed by atoms with Crippen molar-refractivity contribution in [2.45, 2.75) is 12.8 Å². The second kappa shape index (κ2) is 2.94. The van der Waals surface area contributed by atoms with Crippen molar-refractivity contribution in [2.24, 2.45) is 5.92 Å². The molecule has 12 heavy (non-hydrogen) atoms. The summed E-state index contributed by atoms with van der Waals surface area (Å²) in [7, 11) is 0. The van der Waals surface area contributed by atoms with Gasteiger partial charge in [0.2, 0.25) is 0 Å². The number of nitrogens with zero attached hydrogens (tertiary/aromatic N) is 2. The monoisotopic (exact) mass is 226 g/mol. The molecule has 0 N–H and O–H groups in total. The second-order valence-corrected chi connectivity index (χ2v) is 3.68. The highest BCUT2D eigenvalue weighted by molar-refractivity contribution is 9.10. The van der Waals surface area contributed by atoms with E-state index in [4.69, 9.17) is 0 Å². The maximum atomic E-state index is 11.4. The first-order valence-electron chi connectivity index (χ1n) is 3.79. The van der Waals surface area contributed by atoms with Crippen molar-refractivity contribution < 1.29 is 4.79 Å². The van der Waals surface area contributed by atoms with E-state index in [-0.39, 0.29) is 11.7 Å². The van der Waals surface area contributed by atoms with Crippen LogP contribution in [0.5, 0.6) is 0 Å². The van der Waals surface area contributed by atoms with Gasteiger partial charge in [0.25, 0.3) is 0 Å². The summed E-state index contributed by atoms with van der Waals surface area (Å²) in [6.07, 6.45) is 5.09. The maximum Gasteiger partial charge on any atom is 0.185 e. The molecule has 0 atom stereocenters. The molecule has 0 radical (unpaired) electrons. The number of Topliss-reactive ketones (excluding diaryl/α,β-unsaturated/α-hetero) is 1. The highest BCUT2D eigenvalue weighted by Gasteiger charge is 2.31. The summed E-state index contributed by atoms with van der Waals surface area (Å²) >= 11 is 3.16. The van der Waals surface area contributed by atoms with E-state index in [1.165, 1.54) is 6.20 Å². The van der Waals surface area contributed by atoms with Crippen LogP contribution in [0.1, 0.15) is 23.3 Å². The van der Waals surface area contributed by atoms with E-state index in [1.54, 1.807) is 6.20 Å². The van der Waals surface area contributed by atoms with Crippen LogP contribution in [0.25, 0.3) is 0 Å². The maximum absolute atomic E-state index is 11.4. The van der Waals surface area contributed by atoms with Gasteiger partial charge in [0.1, 0.15) is 10.3 Å². The third-order valence-electron chi connectivity index (χ3n) is 1.82. The van der Waals surface area contributed by atoms with Crippen molar-refractivity contribution in [3.8, 4) is 0 Å². The molecule has 62 valence electrons. The summed E-state index contributed by atoms with van der Waals surface area (Å²) in [5, 5.41) is 0. The third-order valence-corrected chi connectivity index (χ3v) is 2.23. The Hall–Kier alpha value is -0.770. The zero-order chi connectivity index (χ0) is 8.55. The highest BCUT2D eigenvalue weighted by atomic mass is 79.9. The minimum atomic E-state index is 0.134. The van der Waals surface area contributed by atoms with Gasteiger partial charge in [0, 0.05) is 5.92 Å². The number of hydrogen-bond donors (Lipinski definition) is 0. The second-order valence-electron chi connectivity index (χ2n) is 2.86. The Kier molecular flexibility index (Phi) is 1.92. The number of rotatable bonds is 2. The highest BCUT2D eigenvalue weighted by Crippen LogP contribution is 2.31. The molecule has 1 saturated carbocycles. The number of ketones is 1. The van der Waals surface area contributed by atoms with Gasteiger partial charge < -0.3 is 0 Å². The van der Waals surface area contributed by atoms with Crippen molar-refractivity contribution in [1.82, 2.24) is 9.97 Å². The molecule has 0 unspecified atom stereocenters. The molecule has 0 aromatic carbocycles. The van der Waals surface area contributed by atoms with Crippen LogP contribution in [0.15, 0.2) is 17.0 Å². The van der Waals surface area contributed by atoms with Crippen molar-refractivity contribution in [1.29, 1.82) is 0 Å². The number of aromatic nitrogens is 2. The van der Waals surface area contributed by atoms with Crippen LogP contribution in [0.4, 0.5) is 0 Å². The van der Waals surface area contributed by atoms with Crippen LogP contribution in [-0.4, -0.2) is 15.8 Å². The molecule has 1 fully saturated rings. The van der Waals surface area contributed by atoms with E-state index in [2.05, 4.69) is 25.9 Å². The van der Waals surface area contributed by atoms with E-state index < -0.39 is 0 Å². The van der Waals surface area contributed by atoms with E-state index in [9.17, 15) is 4.79 Å². The minimum absolute atomic E-state index is 0.134. The van der Waals surface area contributed by atoms with Crippen LogP contribution in [0, 0.1) is 5.92 Å². The summed E-state index contributed by atoms with van der Waals surface area (Å²) in [6.45, 7) is 0. The molecule has 0 bridgehead atoms. The van der Waals surface area contributed by atoms with Crippen LogP contribution in [0.3, 0.4) is 0 Å². The first-order valence-corrected chi connectivity index (χ1v) is 4.58. The van der Waals surface area contributed by atoms with Gasteiger partial charge in [-0.2, -0.15) is 0 Å². The van der Waals surface area contributed by atoms with Gasteiger partial charge in [0.15, 0.2) is 5.78 Å². The van der Waals surface area contributed by atoms with E-state index in [1.807, 2.05) is 0 Å². The zero-order valence-electron chi connectivity index (χ0n) is 6.33. The number of carbonyl (C=O) groups excluding carboxylic acids is 1. The predicted molar refractivity (Wildman–Crippen MR) is 46.8 cm³/mol. The molecule has 1 aromatic rings. The molecule has 1 aliphatic rings. The Balaban J connectivity index is 2.22. The van der Waals surface area contributed by atoms with Crippen LogP contribution >= 0.6 is 15.9 Å². The lowest BCUT2D eigenvalue weighted by Crippen LogP contribution is -2.04. The van der Waals surface area contributed by atoms with Gasteiger partial charge >= 0.3 is 0 Å². The molecule has 0 amide bonds. The van der Waals surface area contributed by atoms with Gasteiger partial charge in [-0.25, -0.2) is 9.97 Å². The van der Waals surface area contributed by atoms with Crippen molar-refractivity contribution in [2.75, 3.05) is 0 Å². The summed E-state index contributed by atoms with van der Waals surface area (Å²) < 4.78 is 0.662. The van der Waals surface area contributed by atoms with Crippen LogP contribution < -0.4 is 0 Å². The summed E-state index contributed by atoms with van der Waals surface area (Å²) in [6, 6.07) is 0. The molecule has 0 saturated heterocycles. The molecule has 2 rings (SSSR count). The molecule has 1 aliphatic carbocycles. The average molecular weight is 227 g/mol. The number of carbonyl (C=O) groups is 1. The fraction of sp³-hybridized carbons (Fsp3) is 0.375. The van der Waals surface area contributed by atoms with Gasteiger partial charge in [-0.15, -0.1) is 0 Å². The lowest BCUT2D eigenvalue weighted by atomic mass is 10.2. The fourth-order valence-electron chi connectivity index (χ4n) is 0.994. The summed E-state index contributed by atoms with van der Waals surface area (Å²) in [5.74, 6) is 0.357. The lowest BCUT2D eigenvalue weighted by molar-refractivity contribution is 0.0962. The van der Waals surface area contributed by atoms with E-state index in [0.717, 1.165) is 12.8 Å². The molecule has 0 spiro atoms. The largest absolute Gasteiger partial charge is 0.292 e. The Bertz CT molecular complexity index is 305. The van der Waals surface area contributed by atoms with Gasteiger partial charge in [-0.05, 0) is 28.8 Å². The lowest BCUT2D eigenvalue weighted by Gasteiger charge is -1.95. The smallest absolute Gasteiger partial charge is 0.185 e. The average Bonchev–Trinajstić information content (AvgIpc) is 2.87. The van der Waals surface area contributed by atoms with Crippen molar-refractivity contribution in [3.05, 3.63) is 22.7 Å². The van der Waals surface area contributed by atoms with Crippen molar-refractivity contribution in [3.63, 3.8) is 0 Å². The Morgan fingerprint density at radius 1 is 1.42 bits per heavy atom. The first kappa shape index (κ1) is 7.86. The Morgan fingerprint density at radius 3 is 2.67 bits per heavy atom. The molecule has 0 aliphatic heterocycles. The molecular formula is C8H7BrN2O. The normalized spacial score (nSPS) is 16.1.